The number of hydrogen-bond donors (Lipinski definition) is 1. The maximum Gasteiger partial charge on any atom is 0.340 e. The van der Waals surface area contributed by atoms with Gasteiger partial charge in [0.15, 0.2) is 0 Å². The number of esters is 1. The van der Waals surface area contributed by atoms with Crippen LogP contribution in [0.4, 0.5) is 5.69 Å². The molecule has 98 valence electrons. The third kappa shape index (κ3) is 3.51. The summed E-state index contributed by atoms with van der Waals surface area (Å²) in [4.78, 5) is 13.8. The number of nitrogen functional groups attached to an aromatic ring is 1. The minimum absolute atomic E-state index is 0.342. The Balaban J connectivity index is 2.23. The van der Waals surface area contributed by atoms with Crippen LogP contribution in [-0.4, -0.2) is 12.6 Å². The zero-order chi connectivity index (χ0) is 13.7. The monoisotopic (exact) mass is 273 g/mol. The quantitative estimate of drug-likeness (QED) is 0.683. The second kappa shape index (κ2) is 6.29. The first-order valence-electron chi connectivity index (χ1n) is 6.00. The van der Waals surface area contributed by atoms with Crippen LogP contribution in [-0.2, 0) is 4.74 Å². The van der Waals surface area contributed by atoms with Crippen LogP contribution in [0.1, 0.15) is 17.3 Å². The number of nitrogens with two attached hydrogens (primary N) is 1. The fourth-order valence-electron chi connectivity index (χ4n) is 1.61. The van der Waals surface area contributed by atoms with Crippen LogP contribution in [0.2, 0.25) is 0 Å². The molecule has 3 nitrogen and oxygen atoms in total. The van der Waals surface area contributed by atoms with Crippen LogP contribution in [0.15, 0.2) is 58.3 Å². The predicted molar refractivity (Wildman–Crippen MR) is 77.4 cm³/mol. The Bertz CT molecular complexity index is 570. The lowest BCUT2D eigenvalue weighted by molar-refractivity contribution is 0.0527. The molecule has 2 rings (SSSR count). The molecule has 0 aliphatic heterocycles. The molecule has 19 heavy (non-hydrogen) atoms. The Morgan fingerprint density at radius 1 is 1.16 bits per heavy atom. The van der Waals surface area contributed by atoms with Crippen molar-refractivity contribution in [2.75, 3.05) is 12.3 Å². The lowest BCUT2D eigenvalue weighted by Gasteiger charge is -2.08. The largest absolute Gasteiger partial charge is 0.462 e. The fourth-order valence-corrected chi connectivity index (χ4v) is 2.49. The topological polar surface area (TPSA) is 52.3 Å². The van der Waals surface area contributed by atoms with E-state index >= 15 is 0 Å². The van der Waals surface area contributed by atoms with Gasteiger partial charge in [-0.25, -0.2) is 4.79 Å². The van der Waals surface area contributed by atoms with Crippen molar-refractivity contribution in [1.82, 2.24) is 0 Å². The van der Waals surface area contributed by atoms with Gasteiger partial charge in [-0.3, -0.25) is 0 Å². The highest BCUT2D eigenvalue weighted by atomic mass is 32.2. The number of carbonyl (C=O) groups is 1. The zero-order valence-electron chi connectivity index (χ0n) is 10.6. The zero-order valence-corrected chi connectivity index (χ0v) is 11.4. The first-order chi connectivity index (χ1) is 9.20. The number of anilines is 1. The molecule has 4 heteroatoms. The molecule has 2 aromatic rings. The highest BCUT2D eigenvalue weighted by Crippen LogP contribution is 2.29. The van der Waals surface area contributed by atoms with Crippen molar-refractivity contribution in [2.45, 2.75) is 16.7 Å². The molecule has 0 aliphatic rings. The Morgan fingerprint density at radius 2 is 1.89 bits per heavy atom. The predicted octanol–water partition coefficient (Wildman–Crippen LogP) is 3.60. The van der Waals surface area contributed by atoms with Gasteiger partial charge in [0, 0.05) is 15.5 Å². The van der Waals surface area contributed by atoms with Gasteiger partial charge < -0.3 is 10.5 Å². The average molecular weight is 273 g/mol. The van der Waals surface area contributed by atoms with E-state index in [-0.39, 0.29) is 5.97 Å². The molecular weight excluding hydrogens is 258 g/mol. The first-order valence-corrected chi connectivity index (χ1v) is 6.82. The molecule has 0 saturated carbocycles. The van der Waals surface area contributed by atoms with Crippen molar-refractivity contribution in [3.8, 4) is 0 Å². The van der Waals surface area contributed by atoms with Gasteiger partial charge in [0.05, 0.1) is 12.2 Å². The molecule has 0 unspecified atom stereocenters. The molecule has 0 spiro atoms. The molecule has 0 fully saturated rings. The van der Waals surface area contributed by atoms with Crippen molar-refractivity contribution < 1.29 is 9.53 Å². The summed E-state index contributed by atoms with van der Waals surface area (Å²) < 4.78 is 4.99. The summed E-state index contributed by atoms with van der Waals surface area (Å²) >= 11 is 1.58. The Kier molecular flexibility index (Phi) is 4.47. The van der Waals surface area contributed by atoms with Gasteiger partial charge in [-0.2, -0.15) is 0 Å². The third-order valence-corrected chi connectivity index (χ3v) is 3.50. The average Bonchev–Trinajstić information content (AvgIpc) is 2.42. The number of benzene rings is 2. The summed E-state index contributed by atoms with van der Waals surface area (Å²) in [5, 5.41) is 0. The number of rotatable bonds is 4. The van der Waals surface area contributed by atoms with Crippen LogP contribution < -0.4 is 5.73 Å². The van der Waals surface area contributed by atoms with E-state index in [0.29, 0.717) is 17.9 Å². The van der Waals surface area contributed by atoms with Crippen LogP contribution in [0.3, 0.4) is 0 Å². The number of hydrogen-bond acceptors (Lipinski definition) is 4. The summed E-state index contributed by atoms with van der Waals surface area (Å²) in [6.45, 7) is 2.12. The van der Waals surface area contributed by atoms with Crippen molar-refractivity contribution in [2.24, 2.45) is 0 Å². The van der Waals surface area contributed by atoms with Crippen LogP contribution in [0.5, 0.6) is 0 Å². The highest BCUT2D eigenvalue weighted by molar-refractivity contribution is 7.99. The van der Waals surface area contributed by atoms with Gasteiger partial charge in [0.25, 0.3) is 0 Å². The Morgan fingerprint density at radius 3 is 2.58 bits per heavy atom. The van der Waals surface area contributed by atoms with E-state index < -0.39 is 0 Å². The fraction of sp³-hybridized carbons (Fsp3) is 0.133. The molecule has 0 atom stereocenters. The molecule has 0 aliphatic carbocycles. The summed E-state index contributed by atoms with van der Waals surface area (Å²) in [6.07, 6.45) is 0. The minimum Gasteiger partial charge on any atom is -0.462 e. The molecule has 2 N–H and O–H groups in total. The van der Waals surface area contributed by atoms with E-state index in [1.807, 2.05) is 36.4 Å². The standard InChI is InChI=1S/C15H15NO2S/c1-2-18-15(17)13-10-12(8-9-14(13)16)19-11-6-4-3-5-7-11/h3-10H,2,16H2,1H3. The molecule has 0 bridgehead atoms. The van der Waals surface area contributed by atoms with Crippen molar-refractivity contribution in [1.29, 1.82) is 0 Å². The molecule has 0 saturated heterocycles. The number of carbonyl (C=O) groups excluding carboxylic acids is 1. The van der Waals surface area contributed by atoms with E-state index in [9.17, 15) is 4.79 Å². The van der Waals surface area contributed by atoms with E-state index in [0.717, 1.165) is 9.79 Å². The summed E-state index contributed by atoms with van der Waals surface area (Å²) in [5.41, 5.74) is 6.66. The smallest absolute Gasteiger partial charge is 0.340 e. The van der Waals surface area contributed by atoms with E-state index in [1.165, 1.54) is 0 Å². The van der Waals surface area contributed by atoms with Gasteiger partial charge in [-0.1, -0.05) is 30.0 Å². The van der Waals surface area contributed by atoms with Crippen LogP contribution in [0, 0.1) is 0 Å². The van der Waals surface area contributed by atoms with E-state index in [1.54, 1.807) is 30.8 Å². The second-order valence-electron chi connectivity index (χ2n) is 3.88. The molecule has 0 radical (unpaired) electrons. The lowest BCUT2D eigenvalue weighted by Crippen LogP contribution is -2.07. The van der Waals surface area contributed by atoms with E-state index in [4.69, 9.17) is 10.5 Å². The van der Waals surface area contributed by atoms with Crippen LogP contribution >= 0.6 is 11.8 Å². The highest BCUT2D eigenvalue weighted by Gasteiger charge is 2.11. The lowest BCUT2D eigenvalue weighted by atomic mass is 10.2. The summed E-state index contributed by atoms with van der Waals surface area (Å²) in [7, 11) is 0. The molecule has 0 aromatic heterocycles. The second-order valence-corrected chi connectivity index (χ2v) is 5.03. The van der Waals surface area contributed by atoms with Crippen molar-refractivity contribution in [3.05, 3.63) is 54.1 Å². The van der Waals surface area contributed by atoms with Crippen LogP contribution in [0.25, 0.3) is 0 Å². The molecular formula is C15H15NO2S. The number of ether oxygens (including phenoxy) is 1. The van der Waals surface area contributed by atoms with Gasteiger partial charge in [0.2, 0.25) is 0 Å². The Hall–Kier alpha value is -1.94. The minimum atomic E-state index is -0.379. The molecule has 0 heterocycles. The van der Waals surface area contributed by atoms with Gasteiger partial charge in [-0.05, 0) is 37.3 Å². The molecule has 2 aromatic carbocycles. The van der Waals surface area contributed by atoms with Gasteiger partial charge in [0.1, 0.15) is 0 Å². The van der Waals surface area contributed by atoms with Crippen molar-refractivity contribution in [3.63, 3.8) is 0 Å². The van der Waals surface area contributed by atoms with E-state index in [2.05, 4.69) is 0 Å². The summed E-state index contributed by atoms with van der Waals surface area (Å²) in [5.74, 6) is -0.379. The molecule has 0 amide bonds. The summed E-state index contributed by atoms with van der Waals surface area (Å²) in [6, 6.07) is 15.4. The van der Waals surface area contributed by atoms with Crippen molar-refractivity contribution >= 4 is 23.4 Å². The maximum atomic E-state index is 11.8. The maximum absolute atomic E-state index is 11.8. The third-order valence-electron chi connectivity index (χ3n) is 2.50. The SMILES string of the molecule is CCOC(=O)c1cc(Sc2ccccc2)ccc1N. The normalized spacial score (nSPS) is 10.2. The van der Waals surface area contributed by atoms with Gasteiger partial charge >= 0.3 is 5.97 Å². The first kappa shape index (κ1) is 13.5. The Labute approximate surface area is 116 Å². The van der Waals surface area contributed by atoms with Gasteiger partial charge in [-0.15, -0.1) is 0 Å².